The van der Waals surface area contributed by atoms with Crippen LogP contribution in [0.2, 0.25) is 0 Å². The van der Waals surface area contributed by atoms with Gasteiger partial charge >= 0.3 is 0 Å². The Morgan fingerprint density at radius 2 is 1.16 bits per heavy atom. The van der Waals surface area contributed by atoms with Crippen molar-refractivity contribution >= 4 is 22.3 Å². The van der Waals surface area contributed by atoms with E-state index in [2.05, 4.69) is 0 Å². The number of benzene rings is 4. The van der Waals surface area contributed by atoms with Crippen LogP contribution in [0.25, 0.3) is 10.8 Å². The fourth-order valence-corrected chi connectivity index (χ4v) is 3.55. The maximum atomic E-state index is 7.82. The summed E-state index contributed by atoms with van der Waals surface area (Å²) in [6.07, 6.45) is 0. The first-order valence-corrected chi connectivity index (χ1v) is 10.4. The lowest BCUT2D eigenvalue weighted by Gasteiger charge is -2.13. The quantitative estimate of drug-likeness (QED) is 0.252. The van der Waals surface area contributed by atoms with Gasteiger partial charge in [-0.1, -0.05) is 60.7 Å². The zero-order chi connectivity index (χ0) is 22.5. The van der Waals surface area contributed by atoms with Gasteiger partial charge in [0, 0.05) is 22.0 Å². The summed E-state index contributed by atoms with van der Waals surface area (Å²) in [6, 6.07) is 27.2. The second kappa shape index (κ2) is 9.35. The first-order chi connectivity index (χ1) is 15.5. The maximum absolute atomic E-state index is 7.82. The number of hydrogen-bond acceptors (Lipinski definition) is 4. The number of ether oxygens (including phenoxy) is 2. The minimum Gasteiger partial charge on any atom is -0.488 e. The standard InChI is InChI=1S/C27H25N3O2/c1-18(28)21-8-2-6-19(14-21)16-31-25-12-4-11-24-23(25)10-5-13-26(24)32-17-20-7-3-9-22(15-20)27(29)30/h2-15,28H,16-17H2,1H3,(H3,29,30). The molecule has 0 atom stereocenters. The molecule has 0 radical (unpaired) electrons. The molecule has 0 saturated heterocycles. The number of nitrogen functional groups attached to an aromatic ring is 1. The maximum Gasteiger partial charge on any atom is 0.127 e. The molecule has 5 nitrogen and oxygen atoms in total. The van der Waals surface area contributed by atoms with Crippen LogP contribution in [-0.4, -0.2) is 11.5 Å². The van der Waals surface area contributed by atoms with Crippen molar-refractivity contribution in [3.05, 3.63) is 107 Å². The lowest BCUT2D eigenvalue weighted by Crippen LogP contribution is -2.11. The van der Waals surface area contributed by atoms with Crippen LogP contribution in [0.5, 0.6) is 11.5 Å². The van der Waals surface area contributed by atoms with Crippen molar-refractivity contribution in [2.45, 2.75) is 20.1 Å². The third kappa shape index (κ3) is 4.78. The Hall–Kier alpha value is -4.12. The first-order valence-electron chi connectivity index (χ1n) is 10.4. The molecule has 0 aliphatic carbocycles. The minimum absolute atomic E-state index is 0.0418. The Balaban J connectivity index is 1.53. The molecule has 32 heavy (non-hydrogen) atoms. The van der Waals surface area contributed by atoms with E-state index in [9.17, 15) is 0 Å². The number of rotatable bonds is 8. The second-order valence-corrected chi connectivity index (χ2v) is 7.62. The van der Waals surface area contributed by atoms with Crippen LogP contribution in [0.15, 0.2) is 84.9 Å². The van der Waals surface area contributed by atoms with Gasteiger partial charge in [0.05, 0.1) is 0 Å². The zero-order valence-corrected chi connectivity index (χ0v) is 17.9. The third-order valence-electron chi connectivity index (χ3n) is 5.23. The van der Waals surface area contributed by atoms with E-state index in [0.29, 0.717) is 24.5 Å². The first kappa shape index (κ1) is 21.1. The Morgan fingerprint density at radius 3 is 1.66 bits per heavy atom. The van der Waals surface area contributed by atoms with Gasteiger partial charge in [-0.3, -0.25) is 5.41 Å². The summed E-state index contributed by atoms with van der Waals surface area (Å²) >= 11 is 0. The third-order valence-corrected chi connectivity index (χ3v) is 5.23. The summed E-state index contributed by atoms with van der Waals surface area (Å²) in [5.41, 5.74) is 9.67. The molecule has 4 aromatic rings. The Kier molecular flexibility index (Phi) is 6.17. The van der Waals surface area contributed by atoms with Crippen LogP contribution in [-0.2, 0) is 13.2 Å². The van der Waals surface area contributed by atoms with Gasteiger partial charge in [-0.05, 0) is 47.9 Å². The van der Waals surface area contributed by atoms with Crippen molar-refractivity contribution in [2.24, 2.45) is 5.73 Å². The SMILES string of the molecule is CC(=N)c1cccc(COc2cccc3c(OCc4cccc(C(=N)N)c4)cccc23)c1. The van der Waals surface area contributed by atoms with Gasteiger partial charge in [0.25, 0.3) is 0 Å². The molecule has 160 valence electrons. The zero-order valence-electron chi connectivity index (χ0n) is 17.9. The summed E-state index contributed by atoms with van der Waals surface area (Å²) in [7, 11) is 0. The normalized spacial score (nSPS) is 10.7. The van der Waals surface area contributed by atoms with Crippen molar-refractivity contribution in [3.8, 4) is 11.5 Å². The predicted octanol–water partition coefficient (Wildman–Crippen LogP) is 5.67. The van der Waals surface area contributed by atoms with Crippen molar-refractivity contribution in [2.75, 3.05) is 0 Å². The topological polar surface area (TPSA) is 92.2 Å². The van der Waals surface area contributed by atoms with Gasteiger partial charge < -0.3 is 20.6 Å². The molecule has 0 aromatic heterocycles. The average Bonchev–Trinajstić information content (AvgIpc) is 2.81. The van der Waals surface area contributed by atoms with Gasteiger partial charge in [-0.25, -0.2) is 0 Å². The van der Waals surface area contributed by atoms with E-state index in [1.807, 2.05) is 84.9 Å². The molecule has 0 unspecified atom stereocenters. The van der Waals surface area contributed by atoms with E-state index in [4.69, 9.17) is 26.0 Å². The van der Waals surface area contributed by atoms with Crippen molar-refractivity contribution in [1.29, 1.82) is 10.8 Å². The summed E-state index contributed by atoms with van der Waals surface area (Å²) < 4.78 is 12.2. The van der Waals surface area contributed by atoms with E-state index in [1.54, 1.807) is 6.92 Å². The predicted molar refractivity (Wildman–Crippen MR) is 129 cm³/mol. The van der Waals surface area contributed by atoms with E-state index < -0.39 is 0 Å². The molecule has 5 heteroatoms. The number of nitrogens with one attached hydrogen (secondary N) is 2. The average molecular weight is 424 g/mol. The van der Waals surface area contributed by atoms with Gasteiger partial charge in [-0.2, -0.15) is 0 Å². The van der Waals surface area contributed by atoms with Gasteiger partial charge in [0.2, 0.25) is 0 Å². The van der Waals surface area contributed by atoms with Crippen molar-refractivity contribution < 1.29 is 9.47 Å². The fourth-order valence-electron chi connectivity index (χ4n) is 3.55. The van der Waals surface area contributed by atoms with Gasteiger partial charge in [-0.15, -0.1) is 0 Å². The number of fused-ring (bicyclic) bond motifs is 1. The lowest BCUT2D eigenvalue weighted by atomic mass is 10.1. The summed E-state index contributed by atoms with van der Waals surface area (Å²) in [5, 5.41) is 17.4. The molecule has 0 heterocycles. The van der Waals surface area contributed by atoms with Crippen LogP contribution >= 0.6 is 0 Å². The molecule has 0 saturated carbocycles. The van der Waals surface area contributed by atoms with E-state index >= 15 is 0 Å². The molecule has 0 amide bonds. The molecule has 0 bridgehead atoms. The smallest absolute Gasteiger partial charge is 0.127 e. The van der Waals surface area contributed by atoms with E-state index in [0.717, 1.165) is 39.0 Å². The summed E-state index contributed by atoms with van der Waals surface area (Å²) in [6.45, 7) is 2.58. The molecule has 4 N–H and O–H groups in total. The van der Waals surface area contributed by atoms with Crippen LogP contribution in [0.4, 0.5) is 0 Å². The molecule has 4 rings (SSSR count). The van der Waals surface area contributed by atoms with E-state index in [-0.39, 0.29) is 5.84 Å². The van der Waals surface area contributed by atoms with Crippen LogP contribution < -0.4 is 15.2 Å². The molecule has 0 aliphatic heterocycles. The lowest BCUT2D eigenvalue weighted by molar-refractivity contribution is 0.306. The highest BCUT2D eigenvalue weighted by Gasteiger charge is 2.08. The van der Waals surface area contributed by atoms with Crippen molar-refractivity contribution in [1.82, 2.24) is 0 Å². The van der Waals surface area contributed by atoms with Crippen LogP contribution in [0.1, 0.15) is 29.2 Å². The molecule has 0 aliphatic rings. The largest absolute Gasteiger partial charge is 0.488 e. The van der Waals surface area contributed by atoms with Crippen LogP contribution in [0, 0.1) is 10.8 Å². The Morgan fingerprint density at radius 1 is 0.688 bits per heavy atom. The molecule has 0 fully saturated rings. The van der Waals surface area contributed by atoms with Gasteiger partial charge in [0.15, 0.2) is 0 Å². The highest BCUT2D eigenvalue weighted by Crippen LogP contribution is 2.33. The molecular weight excluding hydrogens is 398 g/mol. The van der Waals surface area contributed by atoms with Crippen molar-refractivity contribution in [3.63, 3.8) is 0 Å². The number of amidine groups is 1. The van der Waals surface area contributed by atoms with Crippen LogP contribution in [0.3, 0.4) is 0 Å². The molecule has 0 spiro atoms. The molecule has 4 aromatic carbocycles. The minimum atomic E-state index is 0.0418. The number of hydrogen-bond donors (Lipinski definition) is 3. The molecular formula is C27H25N3O2. The Bertz CT molecular complexity index is 1200. The summed E-state index contributed by atoms with van der Waals surface area (Å²) in [5.74, 6) is 1.59. The fraction of sp³-hybridized carbons (Fsp3) is 0.111. The monoisotopic (exact) mass is 423 g/mol. The van der Waals surface area contributed by atoms with Gasteiger partial charge in [0.1, 0.15) is 30.5 Å². The highest BCUT2D eigenvalue weighted by molar-refractivity contribution is 5.96. The van der Waals surface area contributed by atoms with E-state index in [1.165, 1.54) is 0 Å². The summed E-state index contributed by atoms with van der Waals surface area (Å²) in [4.78, 5) is 0. The highest BCUT2D eigenvalue weighted by atomic mass is 16.5. The number of nitrogens with two attached hydrogens (primary N) is 1. The second-order valence-electron chi connectivity index (χ2n) is 7.62. The Labute approximate surface area is 187 Å².